The molecule has 9 heteroatoms. The maximum absolute atomic E-state index is 13.3. The van der Waals surface area contributed by atoms with Crippen molar-refractivity contribution in [1.29, 1.82) is 0 Å². The van der Waals surface area contributed by atoms with Crippen molar-refractivity contribution in [2.24, 2.45) is 0 Å². The first-order chi connectivity index (χ1) is 18.5. The Hall–Kier alpha value is -3.53. The number of carbonyl (C=O) groups is 1. The molecule has 1 aliphatic rings. The van der Waals surface area contributed by atoms with Crippen LogP contribution >= 0.6 is 11.3 Å². The number of ether oxygens (including phenoxy) is 2. The van der Waals surface area contributed by atoms with Gasteiger partial charge in [-0.1, -0.05) is 24.3 Å². The van der Waals surface area contributed by atoms with E-state index in [2.05, 4.69) is 58.3 Å². The minimum absolute atomic E-state index is 0.0170. The first-order valence-electron chi connectivity index (χ1n) is 12.8. The van der Waals surface area contributed by atoms with Gasteiger partial charge in [-0.25, -0.2) is 9.97 Å². The van der Waals surface area contributed by atoms with Gasteiger partial charge in [-0.05, 0) is 61.2 Å². The Kier molecular flexibility index (Phi) is 7.87. The Morgan fingerprint density at radius 2 is 1.97 bits per heavy atom. The number of aryl methyl sites for hydroxylation is 1. The molecule has 1 atom stereocenters. The van der Waals surface area contributed by atoms with Crippen LogP contribution in [0.1, 0.15) is 39.6 Å². The smallest absolute Gasteiger partial charge is 0.257 e. The first kappa shape index (κ1) is 26.1. The molecule has 3 heterocycles. The summed E-state index contributed by atoms with van der Waals surface area (Å²) >= 11 is 1.73. The molecule has 2 N–H and O–H groups in total. The molecule has 0 bridgehead atoms. The number of carbonyl (C=O) groups excluding carboxylic acids is 1. The van der Waals surface area contributed by atoms with Crippen LogP contribution in [-0.4, -0.2) is 61.2 Å². The second kappa shape index (κ2) is 11.5. The van der Waals surface area contributed by atoms with Crippen LogP contribution in [0.3, 0.4) is 0 Å². The summed E-state index contributed by atoms with van der Waals surface area (Å²) in [6, 6.07) is 14.4. The zero-order chi connectivity index (χ0) is 26.6. The molecule has 1 amide bonds. The van der Waals surface area contributed by atoms with E-state index in [1.54, 1.807) is 23.3 Å². The van der Waals surface area contributed by atoms with Crippen LogP contribution in [0, 0.1) is 6.92 Å². The van der Waals surface area contributed by atoms with E-state index in [1.165, 1.54) is 21.6 Å². The summed E-state index contributed by atoms with van der Waals surface area (Å²) in [7, 11) is 3.55. The third-order valence-corrected chi connectivity index (χ3v) is 7.87. The number of hydrogen-bond donors (Lipinski definition) is 2. The SMILES string of the molecule is CNCc1ccccc1-c1csc(C(C)Nc2nc(C)nc3cc(C(=O)N4CCOCC4)c(OC)cc23)c1. The summed E-state index contributed by atoms with van der Waals surface area (Å²) < 4.78 is 11.1. The summed E-state index contributed by atoms with van der Waals surface area (Å²) in [5.41, 5.74) is 4.93. The highest BCUT2D eigenvalue weighted by molar-refractivity contribution is 7.10. The van der Waals surface area contributed by atoms with Crippen LogP contribution in [0.25, 0.3) is 22.0 Å². The summed E-state index contributed by atoms with van der Waals surface area (Å²) in [4.78, 5) is 25.6. The van der Waals surface area contributed by atoms with Crippen molar-refractivity contribution >= 4 is 34.0 Å². The molecule has 1 saturated heterocycles. The number of nitrogens with one attached hydrogen (secondary N) is 2. The predicted octanol–water partition coefficient (Wildman–Crippen LogP) is 5.04. The number of methoxy groups -OCH3 is 1. The molecular weight excluding hydrogens is 498 g/mol. The monoisotopic (exact) mass is 531 g/mol. The van der Waals surface area contributed by atoms with Gasteiger partial charge in [0.15, 0.2) is 0 Å². The van der Waals surface area contributed by atoms with Gasteiger partial charge in [0.05, 0.1) is 37.4 Å². The second-order valence-electron chi connectivity index (χ2n) is 9.38. The van der Waals surface area contributed by atoms with Gasteiger partial charge < -0.3 is 25.0 Å². The lowest BCUT2D eigenvalue weighted by Gasteiger charge is -2.27. The molecule has 1 fully saturated rings. The summed E-state index contributed by atoms with van der Waals surface area (Å²) in [6.45, 7) is 7.03. The Morgan fingerprint density at radius 1 is 1.18 bits per heavy atom. The number of thiophene rings is 1. The number of amides is 1. The molecule has 0 saturated carbocycles. The molecule has 0 aliphatic carbocycles. The second-order valence-corrected chi connectivity index (χ2v) is 10.3. The van der Waals surface area contributed by atoms with E-state index in [-0.39, 0.29) is 11.9 Å². The van der Waals surface area contributed by atoms with Crippen LogP contribution < -0.4 is 15.4 Å². The van der Waals surface area contributed by atoms with Gasteiger partial charge in [-0.2, -0.15) is 0 Å². The number of benzene rings is 2. The average molecular weight is 532 g/mol. The number of morpholine rings is 1. The molecule has 1 aliphatic heterocycles. The zero-order valence-electron chi connectivity index (χ0n) is 22.2. The maximum Gasteiger partial charge on any atom is 0.257 e. The normalized spacial score (nSPS) is 14.5. The van der Waals surface area contributed by atoms with Crippen molar-refractivity contribution in [3.8, 4) is 16.9 Å². The maximum atomic E-state index is 13.3. The van der Waals surface area contributed by atoms with Gasteiger partial charge in [-0.3, -0.25) is 4.79 Å². The lowest BCUT2D eigenvalue weighted by molar-refractivity contribution is 0.0301. The molecule has 2 aromatic heterocycles. The van der Waals surface area contributed by atoms with Gasteiger partial charge in [0, 0.05) is 29.9 Å². The third-order valence-electron chi connectivity index (χ3n) is 6.75. The van der Waals surface area contributed by atoms with Gasteiger partial charge >= 0.3 is 0 Å². The summed E-state index contributed by atoms with van der Waals surface area (Å²) in [5, 5.41) is 9.86. The first-order valence-corrected chi connectivity index (χ1v) is 13.7. The lowest BCUT2D eigenvalue weighted by atomic mass is 10.0. The fourth-order valence-electron chi connectivity index (χ4n) is 4.80. The van der Waals surface area contributed by atoms with E-state index < -0.39 is 0 Å². The molecule has 5 rings (SSSR count). The number of rotatable bonds is 8. The van der Waals surface area contributed by atoms with E-state index in [1.807, 2.05) is 26.1 Å². The number of nitrogens with zero attached hydrogens (tertiary/aromatic N) is 3. The molecular formula is C29H33N5O3S. The minimum Gasteiger partial charge on any atom is -0.496 e. The van der Waals surface area contributed by atoms with Crippen LogP contribution in [-0.2, 0) is 11.3 Å². The molecule has 8 nitrogen and oxygen atoms in total. The van der Waals surface area contributed by atoms with E-state index in [4.69, 9.17) is 14.5 Å². The van der Waals surface area contributed by atoms with Crippen LogP contribution in [0.2, 0.25) is 0 Å². The minimum atomic E-state index is -0.0733. The molecule has 198 valence electrons. The highest BCUT2D eigenvalue weighted by Gasteiger charge is 2.24. The van der Waals surface area contributed by atoms with Crippen molar-refractivity contribution in [2.45, 2.75) is 26.4 Å². The lowest BCUT2D eigenvalue weighted by Crippen LogP contribution is -2.40. The number of fused-ring (bicyclic) bond motifs is 1. The summed E-state index contributed by atoms with van der Waals surface area (Å²) in [5.74, 6) is 1.79. The molecule has 0 spiro atoms. The fourth-order valence-corrected chi connectivity index (χ4v) is 5.71. The molecule has 2 aromatic carbocycles. The number of aromatic nitrogens is 2. The van der Waals surface area contributed by atoms with Crippen LogP contribution in [0.4, 0.5) is 5.82 Å². The number of anilines is 1. The topological polar surface area (TPSA) is 88.6 Å². The van der Waals surface area contributed by atoms with Gasteiger partial charge in [-0.15, -0.1) is 11.3 Å². The van der Waals surface area contributed by atoms with Crippen molar-refractivity contribution in [2.75, 3.05) is 45.8 Å². The highest BCUT2D eigenvalue weighted by Crippen LogP contribution is 2.35. The molecule has 0 radical (unpaired) electrons. The Balaban J connectivity index is 1.45. The largest absolute Gasteiger partial charge is 0.496 e. The zero-order valence-corrected chi connectivity index (χ0v) is 23.0. The van der Waals surface area contributed by atoms with Crippen molar-refractivity contribution < 1.29 is 14.3 Å². The highest BCUT2D eigenvalue weighted by atomic mass is 32.1. The van der Waals surface area contributed by atoms with Crippen molar-refractivity contribution in [3.05, 3.63) is 69.7 Å². The van der Waals surface area contributed by atoms with Crippen molar-refractivity contribution in [1.82, 2.24) is 20.2 Å². The Bertz CT molecular complexity index is 1450. The van der Waals surface area contributed by atoms with Gasteiger partial charge in [0.2, 0.25) is 0 Å². The van der Waals surface area contributed by atoms with E-state index in [0.29, 0.717) is 54.8 Å². The van der Waals surface area contributed by atoms with Gasteiger partial charge in [0.25, 0.3) is 5.91 Å². The Labute approximate surface area is 227 Å². The van der Waals surface area contributed by atoms with Crippen molar-refractivity contribution in [3.63, 3.8) is 0 Å². The quantitative estimate of drug-likeness (QED) is 0.329. The summed E-state index contributed by atoms with van der Waals surface area (Å²) in [6.07, 6.45) is 0. The Morgan fingerprint density at radius 3 is 2.74 bits per heavy atom. The molecule has 38 heavy (non-hydrogen) atoms. The predicted molar refractivity (Wildman–Crippen MR) is 152 cm³/mol. The van der Waals surface area contributed by atoms with E-state index in [9.17, 15) is 4.79 Å². The number of hydrogen-bond acceptors (Lipinski definition) is 8. The average Bonchev–Trinajstić information content (AvgIpc) is 3.43. The van der Waals surface area contributed by atoms with Crippen LogP contribution in [0.5, 0.6) is 5.75 Å². The van der Waals surface area contributed by atoms with Gasteiger partial charge in [0.1, 0.15) is 17.4 Å². The van der Waals surface area contributed by atoms with E-state index >= 15 is 0 Å². The van der Waals surface area contributed by atoms with E-state index in [0.717, 1.165) is 11.9 Å². The fraction of sp³-hybridized carbons (Fsp3) is 0.345. The van der Waals surface area contributed by atoms with Crippen LogP contribution in [0.15, 0.2) is 47.8 Å². The third kappa shape index (κ3) is 5.36. The molecule has 1 unspecified atom stereocenters. The molecule has 4 aromatic rings. The standard InChI is InChI=1S/C29H33N5O3S/c1-18(27-13-21(17-38-27)22-8-6-5-7-20(22)16-30-3)31-28-23-15-26(36-4)24(14-25(23)32-19(2)33-28)29(35)34-9-11-37-12-10-34/h5-8,13-15,17-18,30H,9-12,16H2,1-4H3,(H,31,32,33).